The Bertz CT molecular complexity index is 899. The third-order valence-electron chi connectivity index (χ3n) is 4.84. The number of nitrogens with one attached hydrogen (secondary N) is 1. The summed E-state index contributed by atoms with van der Waals surface area (Å²) < 4.78 is 26.5. The Kier molecular flexibility index (Phi) is 5.44. The van der Waals surface area contributed by atoms with Crippen molar-refractivity contribution in [3.8, 4) is 0 Å². The Morgan fingerprint density at radius 2 is 1.65 bits per heavy atom. The van der Waals surface area contributed by atoms with Gasteiger partial charge in [0.1, 0.15) is 0 Å². The van der Waals surface area contributed by atoms with Gasteiger partial charge < -0.3 is 5.32 Å². The fourth-order valence-corrected chi connectivity index (χ4v) is 4.54. The average molecular weight is 372 g/mol. The van der Waals surface area contributed by atoms with E-state index < -0.39 is 10.0 Å². The minimum absolute atomic E-state index is 0.0756. The predicted molar refractivity (Wildman–Crippen MR) is 103 cm³/mol. The molecule has 26 heavy (non-hydrogen) atoms. The summed E-state index contributed by atoms with van der Waals surface area (Å²) in [6.07, 6.45) is 1.81. The number of Topliss-reactive ketones (excluding diaryl/α,β-unsaturated/α-hetero) is 1. The zero-order valence-electron chi connectivity index (χ0n) is 15.2. The standard InChI is InChI=1S/C20H24N2O3S/c1-15-5-8-18(13-16(15)2)21-14-20(23)17-6-9-19(10-7-17)26(24,25)22-11-3-4-12-22/h5-10,13,21H,3-4,11-12,14H2,1-2H3. The highest BCUT2D eigenvalue weighted by Crippen LogP contribution is 2.21. The second kappa shape index (κ2) is 7.60. The van der Waals surface area contributed by atoms with Crippen LogP contribution in [0.2, 0.25) is 0 Å². The van der Waals surface area contributed by atoms with Gasteiger partial charge >= 0.3 is 0 Å². The molecule has 1 aliphatic heterocycles. The molecule has 1 saturated heterocycles. The summed E-state index contributed by atoms with van der Waals surface area (Å²) in [4.78, 5) is 12.6. The first-order valence-corrected chi connectivity index (χ1v) is 10.3. The third-order valence-corrected chi connectivity index (χ3v) is 6.75. The second-order valence-corrected chi connectivity index (χ2v) is 8.65. The highest BCUT2D eigenvalue weighted by molar-refractivity contribution is 7.89. The van der Waals surface area contributed by atoms with Crippen molar-refractivity contribution in [2.24, 2.45) is 0 Å². The second-order valence-electron chi connectivity index (χ2n) is 6.71. The first kappa shape index (κ1) is 18.6. The average Bonchev–Trinajstić information content (AvgIpc) is 3.18. The molecule has 2 aromatic rings. The lowest BCUT2D eigenvalue weighted by Crippen LogP contribution is -2.27. The first-order chi connectivity index (χ1) is 12.4. The SMILES string of the molecule is Cc1ccc(NCC(=O)c2ccc(S(=O)(=O)N3CCCC3)cc2)cc1C. The number of ketones is 1. The quantitative estimate of drug-likeness (QED) is 0.790. The molecule has 1 fully saturated rings. The maximum absolute atomic E-state index is 12.5. The number of hydrogen-bond acceptors (Lipinski definition) is 4. The van der Waals surface area contributed by atoms with Crippen molar-refractivity contribution in [2.45, 2.75) is 31.6 Å². The van der Waals surface area contributed by atoms with Crippen LogP contribution < -0.4 is 5.32 Å². The van der Waals surface area contributed by atoms with Crippen molar-refractivity contribution < 1.29 is 13.2 Å². The molecule has 6 heteroatoms. The maximum atomic E-state index is 12.5. The summed E-state index contributed by atoms with van der Waals surface area (Å²) in [5.74, 6) is -0.0756. The van der Waals surface area contributed by atoms with E-state index in [0.29, 0.717) is 18.7 Å². The molecule has 0 unspecified atom stereocenters. The van der Waals surface area contributed by atoms with Crippen LogP contribution in [0.15, 0.2) is 47.4 Å². The Labute approximate surface area is 155 Å². The number of nitrogens with zero attached hydrogens (tertiary/aromatic N) is 1. The molecule has 1 N–H and O–H groups in total. The molecule has 0 spiro atoms. The Morgan fingerprint density at radius 1 is 1.00 bits per heavy atom. The van der Waals surface area contributed by atoms with E-state index in [1.807, 2.05) is 32.0 Å². The van der Waals surface area contributed by atoms with E-state index in [1.165, 1.54) is 27.6 Å². The van der Waals surface area contributed by atoms with Crippen LogP contribution in [0.25, 0.3) is 0 Å². The molecule has 0 radical (unpaired) electrons. The molecule has 2 aromatic carbocycles. The molecule has 1 heterocycles. The van der Waals surface area contributed by atoms with Gasteiger partial charge in [0.15, 0.2) is 5.78 Å². The van der Waals surface area contributed by atoms with Gasteiger partial charge in [-0.15, -0.1) is 0 Å². The van der Waals surface area contributed by atoms with Crippen molar-refractivity contribution in [1.82, 2.24) is 4.31 Å². The van der Waals surface area contributed by atoms with Gasteiger partial charge in [-0.1, -0.05) is 6.07 Å². The molecule has 138 valence electrons. The van der Waals surface area contributed by atoms with Crippen molar-refractivity contribution in [2.75, 3.05) is 25.0 Å². The van der Waals surface area contributed by atoms with Crippen molar-refractivity contribution in [1.29, 1.82) is 0 Å². The van der Waals surface area contributed by atoms with Gasteiger partial charge in [-0.05, 0) is 74.2 Å². The van der Waals surface area contributed by atoms with Gasteiger partial charge in [0.25, 0.3) is 0 Å². The maximum Gasteiger partial charge on any atom is 0.243 e. The molecule has 0 saturated carbocycles. The van der Waals surface area contributed by atoms with E-state index in [1.54, 1.807) is 12.1 Å². The van der Waals surface area contributed by atoms with Gasteiger partial charge in [-0.2, -0.15) is 4.31 Å². The van der Waals surface area contributed by atoms with Crippen molar-refractivity contribution in [3.05, 3.63) is 59.2 Å². The van der Waals surface area contributed by atoms with Crippen LogP contribution >= 0.6 is 0 Å². The van der Waals surface area contributed by atoms with Gasteiger partial charge in [-0.3, -0.25) is 4.79 Å². The fourth-order valence-electron chi connectivity index (χ4n) is 3.03. The number of anilines is 1. The zero-order chi connectivity index (χ0) is 18.7. The summed E-state index contributed by atoms with van der Waals surface area (Å²) in [6, 6.07) is 12.2. The molecule has 5 nitrogen and oxygen atoms in total. The molecule has 0 aliphatic carbocycles. The van der Waals surface area contributed by atoms with Crippen LogP contribution in [0.4, 0.5) is 5.69 Å². The van der Waals surface area contributed by atoms with Crippen LogP contribution in [0.3, 0.4) is 0 Å². The number of carbonyl (C=O) groups excluding carboxylic acids is 1. The molecular formula is C20H24N2O3S. The third kappa shape index (κ3) is 3.97. The predicted octanol–water partition coefficient (Wildman–Crippen LogP) is 3.38. The number of rotatable bonds is 6. The highest BCUT2D eigenvalue weighted by atomic mass is 32.2. The summed E-state index contributed by atoms with van der Waals surface area (Å²) in [5.41, 5.74) is 3.77. The van der Waals surface area contributed by atoms with E-state index in [-0.39, 0.29) is 17.2 Å². The zero-order valence-corrected chi connectivity index (χ0v) is 16.0. The molecular weight excluding hydrogens is 348 g/mol. The lowest BCUT2D eigenvalue weighted by molar-refractivity contribution is 0.101. The van der Waals surface area contributed by atoms with E-state index in [2.05, 4.69) is 5.32 Å². The number of aryl methyl sites for hydroxylation is 2. The smallest absolute Gasteiger partial charge is 0.243 e. The van der Waals surface area contributed by atoms with Crippen LogP contribution in [-0.4, -0.2) is 38.1 Å². The number of carbonyl (C=O) groups is 1. The van der Waals surface area contributed by atoms with Crippen molar-refractivity contribution >= 4 is 21.5 Å². The fraction of sp³-hybridized carbons (Fsp3) is 0.350. The van der Waals surface area contributed by atoms with E-state index in [4.69, 9.17) is 0 Å². The van der Waals surface area contributed by atoms with Gasteiger partial charge in [0.2, 0.25) is 10.0 Å². The Morgan fingerprint density at radius 3 is 2.27 bits per heavy atom. The summed E-state index contributed by atoms with van der Waals surface area (Å²) in [5, 5.41) is 3.12. The molecule has 0 amide bonds. The lowest BCUT2D eigenvalue weighted by Gasteiger charge is -2.15. The lowest BCUT2D eigenvalue weighted by atomic mass is 10.1. The van der Waals surface area contributed by atoms with Crippen LogP contribution in [-0.2, 0) is 10.0 Å². The summed E-state index contributed by atoms with van der Waals surface area (Å²) >= 11 is 0. The molecule has 1 aliphatic rings. The van der Waals surface area contributed by atoms with Gasteiger partial charge in [-0.25, -0.2) is 8.42 Å². The number of benzene rings is 2. The Balaban J connectivity index is 1.66. The minimum atomic E-state index is -3.44. The van der Waals surface area contributed by atoms with Crippen LogP contribution in [0, 0.1) is 13.8 Å². The normalized spacial score (nSPS) is 15.2. The Hall–Kier alpha value is -2.18. The highest BCUT2D eigenvalue weighted by Gasteiger charge is 2.27. The topological polar surface area (TPSA) is 66.5 Å². The summed E-state index contributed by atoms with van der Waals surface area (Å²) in [7, 11) is -3.44. The van der Waals surface area contributed by atoms with E-state index in [0.717, 1.165) is 18.5 Å². The minimum Gasteiger partial charge on any atom is -0.378 e. The van der Waals surface area contributed by atoms with E-state index in [9.17, 15) is 13.2 Å². The van der Waals surface area contributed by atoms with Gasteiger partial charge in [0, 0.05) is 24.3 Å². The molecule has 0 aromatic heterocycles. The van der Waals surface area contributed by atoms with Crippen molar-refractivity contribution in [3.63, 3.8) is 0 Å². The largest absolute Gasteiger partial charge is 0.378 e. The molecule has 0 atom stereocenters. The van der Waals surface area contributed by atoms with Crippen LogP contribution in [0.5, 0.6) is 0 Å². The van der Waals surface area contributed by atoms with Crippen LogP contribution in [0.1, 0.15) is 34.3 Å². The monoisotopic (exact) mass is 372 g/mol. The molecule has 3 rings (SSSR count). The number of sulfonamides is 1. The summed E-state index contributed by atoms with van der Waals surface area (Å²) in [6.45, 7) is 5.39. The van der Waals surface area contributed by atoms with Gasteiger partial charge in [0.05, 0.1) is 11.4 Å². The first-order valence-electron chi connectivity index (χ1n) is 8.82. The molecule has 0 bridgehead atoms. The number of hydrogen-bond donors (Lipinski definition) is 1. The van der Waals surface area contributed by atoms with E-state index >= 15 is 0 Å².